The average Bonchev–Trinajstić information content (AvgIpc) is 3.31. The van der Waals surface area contributed by atoms with Crippen LogP contribution in [0.4, 0.5) is 0 Å². The highest BCUT2D eigenvalue weighted by Gasteiger charge is 2.37. The number of carbonyl (C=O) groups is 1. The van der Waals surface area contributed by atoms with Gasteiger partial charge in [-0.25, -0.2) is 0 Å². The van der Waals surface area contributed by atoms with E-state index in [1.165, 1.54) is 4.88 Å². The number of nitrogens with zero attached hydrogens (tertiary/aromatic N) is 5. The summed E-state index contributed by atoms with van der Waals surface area (Å²) in [6.07, 6.45) is 4.04. The molecule has 0 fully saturated rings. The predicted octanol–water partition coefficient (Wildman–Crippen LogP) is 5.32. The lowest BCUT2D eigenvalue weighted by atomic mass is 9.95. The maximum atomic E-state index is 12.2. The van der Waals surface area contributed by atoms with Crippen LogP contribution in [0.2, 0.25) is 0 Å². The largest absolute Gasteiger partial charge is 0.481 e. The fourth-order valence-corrected chi connectivity index (χ4v) is 5.72. The van der Waals surface area contributed by atoms with Gasteiger partial charge in [-0.15, -0.1) is 21.5 Å². The minimum absolute atomic E-state index is 0.439. The Morgan fingerprint density at radius 1 is 1.09 bits per heavy atom. The molecule has 0 aliphatic carbocycles. The molecule has 1 unspecified atom stereocenters. The van der Waals surface area contributed by atoms with Gasteiger partial charge in [-0.3, -0.25) is 19.3 Å². The number of thiophene rings is 1. The lowest BCUT2D eigenvalue weighted by molar-refractivity contribution is -0.142. The molecule has 8 heteroatoms. The molecule has 0 spiro atoms. The zero-order chi connectivity index (χ0) is 24.0. The number of aliphatic carboxylic acids is 1. The number of benzene rings is 1. The van der Waals surface area contributed by atoms with Gasteiger partial charge < -0.3 is 5.11 Å². The fourth-order valence-electron chi connectivity index (χ4n) is 4.50. The van der Waals surface area contributed by atoms with Crippen LogP contribution in [-0.4, -0.2) is 36.5 Å². The number of hydrogen-bond acceptors (Lipinski definition) is 6. The van der Waals surface area contributed by atoms with Crippen molar-refractivity contribution >= 4 is 23.0 Å². The molecule has 5 rings (SSSR count). The molecule has 0 saturated heterocycles. The molecule has 4 aromatic rings. The van der Waals surface area contributed by atoms with Crippen molar-refractivity contribution in [2.75, 3.05) is 0 Å². The van der Waals surface area contributed by atoms with E-state index < -0.39 is 17.9 Å². The van der Waals surface area contributed by atoms with Crippen LogP contribution in [0.25, 0.3) is 16.1 Å². The van der Waals surface area contributed by atoms with Crippen LogP contribution in [0.5, 0.6) is 0 Å². The lowest BCUT2D eigenvalue weighted by Crippen LogP contribution is -2.23. The first-order valence-electron chi connectivity index (χ1n) is 11.2. The van der Waals surface area contributed by atoms with Gasteiger partial charge >= 0.3 is 5.97 Å². The summed E-state index contributed by atoms with van der Waals surface area (Å²) in [6.45, 7) is 7.97. The molecule has 4 heterocycles. The highest BCUT2D eigenvalue weighted by atomic mass is 32.1. The molecule has 0 bridgehead atoms. The number of carboxylic acid groups (broad SMARTS) is 1. The Morgan fingerprint density at radius 2 is 1.82 bits per heavy atom. The molecule has 7 nitrogen and oxygen atoms in total. The molecule has 0 saturated carbocycles. The second-order valence-corrected chi connectivity index (χ2v) is 9.70. The summed E-state index contributed by atoms with van der Waals surface area (Å²) in [5, 5.41) is 19.7. The molecule has 1 aliphatic heterocycles. The monoisotopic (exact) mass is 471 g/mol. The number of aliphatic imine (C=N–C) groups is 1. The molecule has 34 heavy (non-hydrogen) atoms. The first-order valence-corrected chi connectivity index (χ1v) is 12.1. The van der Waals surface area contributed by atoms with E-state index in [4.69, 9.17) is 4.99 Å². The van der Waals surface area contributed by atoms with Crippen LogP contribution in [0.1, 0.15) is 52.6 Å². The van der Waals surface area contributed by atoms with Crippen molar-refractivity contribution in [2.45, 2.75) is 40.2 Å². The third-order valence-electron chi connectivity index (χ3n) is 6.48. The minimum atomic E-state index is -0.882. The van der Waals surface area contributed by atoms with Gasteiger partial charge in [0.05, 0.1) is 11.6 Å². The number of pyridine rings is 1. The average molecular weight is 472 g/mol. The van der Waals surface area contributed by atoms with Crippen molar-refractivity contribution in [1.82, 2.24) is 19.7 Å². The summed E-state index contributed by atoms with van der Waals surface area (Å²) in [6, 6.07) is 11.5. The number of aromatic nitrogens is 4. The van der Waals surface area contributed by atoms with Gasteiger partial charge in [-0.05, 0) is 49.9 Å². The molecule has 0 amide bonds. The van der Waals surface area contributed by atoms with E-state index in [1.807, 2.05) is 36.7 Å². The van der Waals surface area contributed by atoms with Crippen LogP contribution in [0, 0.1) is 26.7 Å². The normalized spacial score (nSPS) is 15.8. The van der Waals surface area contributed by atoms with E-state index in [0.717, 1.165) is 44.4 Å². The number of aryl methyl sites for hydroxylation is 2. The van der Waals surface area contributed by atoms with Crippen LogP contribution >= 0.6 is 11.3 Å². The van der Waals surface area contributed by atoms with Crippen LogP contribution in [0.15, 0.2) is 53.8 Å². The van der Waals surface area contributed by atoms with E-state index in [9.17, 15) is 9.90 Å². The van der Waals surface area contributed by atoms with E-state index >= 15 is 0 Å². The van der Waals surface area contributed by atoms with Crippen LogP contribution in [-0.2, 0) is 4.79 Å². The van der Waals surface area contributed by atoms with Crippen molar-refractivity contribution < 1.29 is 9.90 Å². The van der Waals surface area contributed by atoms with Gasteiger partial charge in [0, 0.05) is 28.4 Å². The Morgan fingerprint density at radius 3 is 2.47 bits per heavy atom. The summed E-state index contributed by atoms with van der Waals surface area (Å²) in [5.74, 6) is -0.280. The molecule has 2 atom stereocenters. The molecule has 172 valence electrons. The SMILES string of the molecule is CCC(C(=O)O)[C@@H]1N=C(c2ccc(-c3cccnc3)cc2)c2c(sc(C)c2C)-n2c(C)nnc21. The quantitative estimate of drug-likeness (QED) is 0.425. The highest BCUT2D eigenvalue weighted by molar-refractivity contribution is 7.15. The van der Waals surface area contributed by atoms with E-state index in [2.05, 4.69) is 53.3 Å². The molecule has 3 aromatic heterocycles. The summed E-state index contributed by atoms with van der Waals surface area (Å²) in [7, 11) is 0. The first-order chi connectivity index (χ1) is 16.4. The standard InChI is InChI=1S/C26H25N5O2S/c1-5-20(26(32)33)23-24-30-29-16(4)31(24)25-21(14(2)15(3)34-25)22(28-23)18-10-8-17(9-11-18)19-7-6-12-27-13-19/h6-13,20,23H,5H2,1-4H3,(H,32,33)/t20?,23-/m0/s1. The molecular weight excluding hydrogens is 446 g/mol. The van der Waals surface area contributed by atoms with Crippen molar-refractivity contribution in [2.24, 2.45) is 10.9 Å². The Bertz CT molecular complexity index is 1400. The summed E-state index contributed by atoms with van der Waals surface area (Å²) < 4.78 is 2.00. The van der Waals surface area contributed by atoms with Crippen LogP contribution < -0.4 is 0 Å². The number of rotatable bonds is 5. The van der Waals surface area contributed by atoms with E-state index in [1.54, 1.807) is 17.5 Å². The van der Waals surface area contributed by atoms with Crippen molar-refractivity contribution in [3.05, 3.63) is 82.0 Å². The first kappa shape index (κ1) is 22.2. The number of hydrogen-bond donors (Lipinski definition) is 1. The zero-order valence-corrected chi connectivity index (χ0v) is 20.3. The van der Waals surface area contributed by atoms with Crippen LogP contribution in [0.3, 0.4) is 0 Å². The summed E-state index contributed by atoms with van der Waals surface area (Å²) in [4.78, 5) is 22.7. The Kier molecular flexibility index (Phi) is 5.61. The van der Waals surface area contributed by atoms with Gasteiger partial charge in [-0.2, -0.15) is 0 Å². The Hall–Kier alpha value is -3.65. The van der Waals surface area contributed by atoms with Crippen molar-refractivity contribution in [1.29, 1.82) is 0 Å². The van der Waals surface area contributed by atoms with Gasteiger partial charge in [0.15, 0.2) is 5.82 Å². The molecule has 1 N–H and O–H groups in total. The smallest absolute Gasteiger partial charge is 0.309 e. The number of carboxylic acids is 1. The Balaban J connectivity index is 1.73. The lowest BCUT2D eigenvalue weighted by Gasteiger charge is -2.18. The topological polar surface area (TPSA) is 93.3 Å². The second kappa shape index (κ2) is 8.61. The molecule has 1 aromatic carbocycles. The van der Waals surface area contributed by atoms with Gasteiger partial charge in [0.2, 0.25) is 0 Å². The zero-order valence-electron chi connectivity index (χ0n) is 19.5. The Labute approximate surface area is 201 Å². The van der Waals surface area contributed by atoms with Crippen molar-refractivity contribution in [3.63, 3.8) is 0 Å². The van der Waals surface area contributed by atoms with E-state index in [0.29, 0.717) is 12.2 Å². The highest BCUT2D eigenvalue weighted by Crippen LogP contribution is 2.41. The number of fused-ring (bicyclic) bond motifs is 3. The maximum absolute atomic E-state index is 12.2. The third-order valence-corrected chi connectivity index (χ3v) is 7.67. The van der Waals surface area contributed by atoms with Gasteiger partial charge in [0.25, 0.3) is 0 Å². The van der Waals surface area contributed by atoms with Gasteiger partial charge in [0.1, 0.15) is 16.9 Å². The molecular formula is C26H25N5O2S. The van der Waals surface area contributed by atoms with Crippen molar-refractivity contribution in [3.8, 4) is 16.1 Å². The van der Waals surface area contributed by atoms with Gasteiger partial charge in [-0.1, -0.05) is 37.3 Å². The summed E-state index contributed by atoms with van der Waals surface area (Å²) >= 11 is 1.67. The molecule has 0 radical (unpaired) electrons. The second-order valence-electron chi connectivity index (χ2n) is 8.50. The predicted molar refractivity (Wildman–Crippen MR) is 133 cm³/mol. The van der Waals surface area contributed by atoms with E-state index in [-0.39, 0.29) is 0 Å². The maximum Gasteiger partial charge on any atom is 0.309 e. The third kappa shape index (κ3) is 3.54. The minimum Gasteiger partial charge on any atom is -0.481 e. The molecule has 1 aliphatic rings. The summed E-state index contributed by atoms with van der Waals surface area (Å²) in [5.41, 5.74) is 5.99. The fraction of sp³-hybridized carbons (Fsp3) is 0.269.